The third-order valence-electron chi connectivity index (χ3n) is 6.57. The number of H-pyrrole nitrogens is 1. The molecule has 3 aromatic rings. The molecule has 1 N–H and O–H groups in total. The number of ether oxygens (including phenoxy) is 1. The molecule has 5 rings (SSSR count). The summed E-state index contributed by atoms with van der Waals surface area (Å²) in [6, 6.07) is 7.76. The van der Waals surface area contributed by atoms with Crippen molar-refractivity contribution in [2.45, 2.75) is 57.7 Å². The Balaban J connectivity index is 1.52. The first-order chi connectivity index (χ1) is 14.8. The zero-order valence-electron chi connectivity index (χ0n) is 17.6. The number of likely N-dealkylation sites (tertiary alicyclic amines) is 1. The van der Waals surface area contributed by atoms with Crippen LogP contribution in [0, 0.1) is 0 Å². The number of aryl methyl sites for hydroxylation is 1. The van der Waals surface area contributed by atoms with Gasteiger partial charge in [-0.2, -0.15) is 5.10 Å². The number of nitrogens with zero attached hydrogens (tertiary/aromatic N) is 4. The molecule has 1 aliphatic carbocycles. The predicted molar refractivity (Wildman–Crippen MR) is 115 cm³/mol. The molecule has 7 heteroatoms. The van der Waals surface area contributed by atoms with Crippen LogP contribution in [0.1, 0.15) is 54.5 Å². The van der Waals surface area contributed by atoms with Crippen LogP contribution in [0.15, 0.2) is 29.1 Å². The maximum Gasteiger partial charge on any atom is 0.261 e. The molecule has 3 heterocycles. The van der Waals surface area contributed by atoms with Crippen molar-refractivity contribution in [2.24, 2.45) is 0 Å². The summed E-state index contributed by atoms with van der Waals surface area (Å²) in [5.74, 6) is 0.859. The van der Waals surface area contributed by atoms with E-state index in [1.807, 2.05) is 28.8 Å². The van der Waals surface area contributed by atoms with Crippen LogP contribution in [-0.2, 0) is 30.7 Å². The van der Waals surface area contributed by atoms with E-state index in [-0.39, 0.29) is 11.6 Å². The summed E-state index contributed by atoms with van der Waals surface area (Å²) < 4.78 is 7.12. The van der Waals surface area contributed by atoms with Gasteiger partial charge in [0.2, 0.25) is 0 Å². The number of aromatic nitrogens is 4. The molecule has 7 nitrogen and oxygen atoms in total. The minimum atomic E-state index is 0.0247. The number of hydrogen-bond acceptors (Lipinski definition) is 5. The van der Waals surface area contributed by atoms with Crippen LogP contribution in [0.3, 0.4) is 0 Å². The molecule has 1 saturated heterocycles. The van der Waals surface area contributed by atoms with E-state index in [4.69, 9.17) is 9.72 Å². The van der Waals surface area contributed by atoms with Crippen molar-refractivity contribution in [3.63, 3.8) is 0 Å². The second-order valence-electron chi connectivity index (χ2n) is 8.40. The molecule has 1 aliphatic heterocycles. The van der Waals surface area contributed by atoms with Crippen LogP contribution in [0.2, 0.25) is 0 Å². The van der Waals surface area contributed by atoms with E-state index in [1.54, 1.807) is 7.11 Å². The van der Waals surface area contributed by atoms with Crippen molar-refractivity contribution in [1.29, 1.82) is 0 Å². The number of rotatable bonds is 6. The van der Waals surface area contributed by atoms with Gasteiger partial charge in [-0.1, -0.05) is 12.1 Å². The van der Waals surface area contributed by atoms with Gasteiger partial charge in [0.05, 0.1) is 35.8 Å². The van der Waals surface area contributed by atoms with E-state index >= 15 is 0 Å². The molecule has 0 saturated carbocycles. The Hall–Kier alpha value is -2.51. The van der Waals surface area contributed by atoms with Gasteiger partial charge in [-0.25, -0.2) is 4.98 Å². The molecule has 1 aromatic carbocycles. The van der Waals surface area contributed by atoms with Crippen molar-refractivity contribution in [3.8, 4) is 0 Å². The van der Waals surface area contributed by atoms with Crippen LogP contribution in [0.5, 0.6) is 0 Å². The number of nitrogens with one attached hydrogen (secondary N) is 1. The average molecular weight is 408 g/mol. The summed E-state index contributed by atoms with van der Waals surface area (Å²) in [6.07, 6.45) is 6.81. The Kier molecular flexibility index (Phi) is 5.39. The quantitative estimate of drug-likeness (QED) is 0.680. The lowest BCUT2D eigenvalue weighted by Gasteiger charge is -2.26. The summed E-state index contributed by atoms with van der Waals surface area (Å²) in [5.41, 5.74) is 4.69. The number of benzene rings is 1. The molecule has 2 aliphatic rings. The Morgan fingerprint density at radius 1 is 1.20 bits per heavy atom. The summed E-state index contributed by atoms with van der Waals surface area (Å²) in [4.78, 5) is 20.7. The Morgan fingerprint density at radius 3 is 2.97 bits per heavy atom. The lowest BCUT2D eigenvalue weighted by atomic mass is 9.96. The number of fused-ring (bicyclic) bond motifs is 2. The van der Waals surface area contributed by atoms with Gasteiger partial charge in [0.1, 0.15) is 5.82 Å². The third-order valence-corrected chi connectivity index (χ3v) is 6.57. The van der Waals surface area contributed by atoms with E-state index in [1.165, 1.54) is 29.8 Å². The molecule has 0 amide bonds. The van der Waals surface area contributed by atoms with E-state index in [0.29, 0.717) is 18.5 Å². The van der Waals surface area contributed by atoms with Crippen LogP contribution in [0.4, 0.5) is 0 Å². The predicted octanol–water partition coefficient (Wildman–Crippen LogP) is 2.98. The van der Waals surface area contributed by atoms with Crippen molar-refractivity contribution in [3.05, 3.63) is 57.4 Å². The largest absolute Gasteiger partial charge is 0.383 e. The molecule has 0 bridgehead atoms. The van der Waals surface area contributed by atoms with E-state index in [9.17, 15) is 4.79 Å². The number of aromatic amines is 1. The minimum Gasteiger partial charge on any atom is -0.383 e. The minimum absolute atomic E-state index is 0.0247. The summed E-state index contributed by atoms with van der Waals surface area (Å²) in [5, 5.41) is 8.59. The van der Waals surface area contributed by atoms with E-state index in [0.717, 1.165) is 50.1 Å². The van der Waals surface area contributed by atoms with Gasteiger partial charge in [-0.05, 0) is 62.8 Å². The topological polar surface area (TPSA) is 76.0 Å². The second-order valence-corrected chi connectivity index (χ2v) is 8.40. The fourth-order valence-electron chi connectivity index (χ4n) is 5.02. The van der Waals surface area contributed by atoms with Gasteiger partial charge < -0.3 is 4.74 Å². The lowest BCUT2D eigenvalue weighted by Crippen LogP contribution is -2.33. The second kappa shape index (κ2) is 8.32. The molecule has 158 valence electrons. The first kappa shape index (κ1) is 19.5. The summed E-state index contributed by atoms with van der Waals surface area (Å²) in [7, 11) is 1.67. The molecule has 1 fully saturated rings. The van der Waals surface area contributed by atoms with Gasteiger partial charge in [0.25, 0.3) is 5.56 Å². The van der Waals surface area contributed by atoms with Gasteiger partial charge in [-0.3, -0.25) is 19.4 Å². The fraction of sp³-hybridized carbons (Fsp3) is 0.522. The highest BCUT2D eigenvalue weighted by Crippen LogP contribution is 2.33. The van der Waals surface area contributed by atoms with Crippen molar-refractivity contribution in [2.75, 3.05) is 20.3 Å². The molecular formula is C23H29N5O2. The molecule has 0 radical (unpaired) electrons. The third kappa shape index (κ3) is 3.46. The number of para-hydroxylation sites is 1. The highest BCUT2D eigenvalue weighted by molar-refractivity contribution is 5.77. The van der Waals surface area contributed by atoms with E-state index < -0.39 is 0 Å². The van der Waals surface area contributed by atoms with Crippen molar-refractivity contribution in [1.82, 2.24) is 24.6 Å². The monoisotopic (exact) mass is 407 g/mol. The van der Waals surface area contributed by atoms with E-state index in [2.05, 4.69) is 15.1 Å². The van der Waals surface area contributed by atoms with Crippen LogP contribution >= 0.6 is 0 Å². The van der Waals surface area contributed by atoms with Gasteiger partial charge in [0.15, 0.2) is 0 Å². The van der Waals surface area contributed by atoms with Crippen molar-refractivity contribution < 1.29 is 4.74 Å². The summed E-state index contributed by atoms with van der Waals surface area (Å²) >= 11 is 0. The normalized spacial score (nSPS) is 19.4. The summed E-state index contributed by atoms with van der Waals surface area (Å²) in [6.45, 7) is 2.82. The standard InChI is InChI=1S/C23H29N5O2/c1-30-14-13-28-22(24-18-9-4-3-8-17(18)23(28)29)21-11-6-12-27(21)15-20-16-7-2-5-10-19(16)25-26-20/h3-4,8-9,21H,2,5-7,10-15H2,1H3,(H,25,26). The maximum absolute atomic E-state index is 13.3. The fourth-order valence-corrected chi connectivity index (χ4v) is 5.02. The van der Waals surface area contributed by atoms with Gasteiger partial charge in [-0.15, -0.1) is 0 Å². The Labute approximate surface area is 176 Å². The molecule has 1 atom stereocenters. The Bertz CT molecular complexity index is 1100. The Morgan fingerprint density at radius 2 is 2.07 bits per heavy atom. The van der Waals surface area contributed by atoms with Gasteiger partial charge >= 0.3 is 0 Å². The first-order valence-corrected chi connectivity index (χ1v) is 11.0. The molecular weight excluding hydrogens is 378 g/mol. The van der Waals surface area contributed by atoms with Crippen LogP contribution in [0.25, 0.3) is 10.9 Å². The van der Waals surface area contributed by atoms with Gasteiger partial charge in [0, 0.05) is 19.3 Å². The zero-order valence-corrected chi connectivity index (χ0v) is 17.6. The maximum atomic E-state index is 13.3. The van der Waals surface area contributed by atoms with Crippen LogP contribution in [-0.4, -0.2) is 44.9 Å². The molecule has 0 spiro atoms. The van der Waals surface area contributed by atoms with Crippen LogP contribution < -0.4 is 5.56 Å². The average Bonchev–Trinajstić information content (AvgIpc) is 3.41. The molecule has 30 heavy (non-hydrogen) atoms. The molecule has 1 unspecified atom stereocenters. The molecule has 2 aromatic heterocycles. The number of hydrogen-bond donors (Lipinski definition) is 1. The SMILES string of the molecule is COCCn1c(C2CCCN2Cc2n[nH]c3c2CCCC3)nc2ccccc2c1=O. The first-order valence-electron chi connectivity index (χ1n) is 11.0. The smallest absolute Gasteiger partial charge is 0.261 e. The highest BCUT2D eigenvalue weighted by atomic mass is 16.5. The lowest BCUT2D eigenvalue weighted by molar-refractivity contribution is 0.178. The van der Waals surface area contributed by atoms with Crippen molar-refractivity contribution >= 4 is 10.9 Å². The highest BCUT2D eigenvalue weighted by Gasteiger charge is 2.32. The zero-order chi connectivity index (χ0) is 20.5. The number of methoxy groups -OCH3 is 1.